The molecule has 4 nitrogen and oxygen atoms in total. The van der Waals surface area contributed by atoms with Crippen molar-refractivity contribution < 1.29 is 4.74 Å². The van der Waals surface area contributed by atoms with Crippen LogP contribution in [-0.2, 0) is 4.74 Å². The highest BCUT2D eigenvalue weighted by molar-refractivity contribution is 9.10. The predicted molar refractivity (Wildman–Crippen MR) is 84.0 cm³/mol. The lowest BCUT2D eigenvalue weighted by molar-refractivity contribution is 0.204. The minimum Gasteiger partial charge on any atom is -0.383 e. The highest BCUT2D eigenvalue weighted by atomic mass is 79.9. The second kappa shape index (κ2) is 7.63. The summed E-state index contributed by atoms with van der Waals surface area (Å²) in [4.78, 5) is 2.32. The van der Waals surface area contributed by atoms with Crippen LogP contribution in [-0.4, -0.2) is 39.4 Å². The van der Waals surface area contributed by atoms with Gasteiger partial charge < -0.3 is 15.0 Å². The normalized spacial score (nSPS) is 17.9. The molecule has 1 aliphatic rings. The van der Waals surface area contributed by atoms with Gasteiger partial charge in [0.1, 0.15) is 6.07 Å². The van der Waals surface area contributed by atoms with Crippen LogP contribution >= 0.6 is 15.9 Å². The molecule has 1 fully saturated rings. The number of nitrogens with zero attached hydrogens (tertiary/aromatic N) is 2. The van der Waals surface area contributed by atoms with Gasteiger partial charge in [0.25, 0.3) is 0 Å². The summed E-state index contributed by atoms with van der Waals surface area (Å²) in [7, 11) is 1.72. The van der Waals surface area contributed by atoms with Gasteiger partial charge in [-0.1, -0.05) is 0 Å². The van der Waals surface area contributed by atoms with Crippen LogP contribution in [0.25, 0.3) is 0 Å². The van der Waals surface area contributed by atoms with Gasteiger partial charge in [-0.2, -0.15) is 5.26 Å². The Hall–Kier alpha value is -1.09. The quantitative estimate of drug-likeness (QED) is 0.866. The second-order valence-electron chi connectivity index (χ2n) is 5.01. The fourth-order valence-corrected chi connectivity index (χ4v) is 2.95. The van der Waals surface area contributed by atoms with Crippen LogP contribution in [0.4, 0.5) is 5.69 Å². The molecule has 0 amide bonds. The summed E-state index contributed by atoms with van der Waals surface area (Å²) in [6, 6.07) is 8.61. The summed E-state index contributed by atoms with van der Waals surface area (Å²) in [5.74, 6) is 0. The van der Waals surface area contributed by atoms with Gasteiger partial charge in [-0.05, 0) is 53.5 Å². The fourth-order valence-electron chi connectivity index (χ4n) is 2.50. The number of nitriles is 1. The molecule has 0 aromatic heterocycles. The number of hydrogen-bond acceptors (Lipinski definition) is 4. The van der Waals surface area contributed by atoms with Crippen molar-refractivity contribution in [2.45, 2.75) is 18.9 Å². The van der Waals surface area contributed by atoms with Crippen molar-refractivity contribution in [1.82, 2.24) is 5.32 Å². The van der Waals surface area contributed by atoms with Crippen molar-refractivity contribution in [1.29, 1.82) is 5.26 Å². The molecule has 1 unspecified atom stereocenters. The Kier molecular flexibility index (Phi) is 5.84. The Bertz CT molecular complexity index is 480. The van der Waals surface area contributed by atoms with Crippen molar-refractivity contribution in [3.8, 4) is 6.07 Å². The summed E-state index contributed by atoms with van der Waals surface area (Å²) < 4.78 is 6.05. The van der Waals surface area contributed by atoms with Gasteiger partial charge in [0.2, 0.25) is 0 Å². The Labute approximate surface area is 128 Å². The summed E-state index contributed by atoms with van der Waals surface area (Å²) in [5.41, 5.74) is 1.79. The van der Waals surface area contributed by atoms with Crippen LogP contribution in [0.1, 0.15) is 18.4 Å². The first-order chi connectivity index (χ1) is 9.74. The molecule has 1 saturated heterocycles. The minimum atomic E-state index is 0.543. The maximum atomic E-state index is 9.00. The molecule has 5 heteroatoms. The first kappa shape index (κ1) is 15.3. The zero-order valence-corrected chi connectivity index (χ0v) is 13.3. The van der Waals surface area contributed by atoms with E-state index in [4.69, 9.17) is 10.00 Å². The first-order valence-electron chi connectivity index (χ1n) is 6.91. The summed E-state index contributed by atoms with van der Waals surface area (Å²) in [6.45, 7) is 3.64. The van der Waals surface area contributed by atoms with Crippen LogP contribution in [0.3, 0.4) is 0 Å². The number of halogens is 1. The van der Waals surface area contributed by atoms with E-state index in [1.54, 1.807) is 7.11 Å². The lowest BCUT2D eigenvalue weighted by Gasteiger charge is -2.28. The standard InChI is InChI=1S/C15H20BrN3O/c1-20-8-7-19(11-13-3-2-6-18-13)14-5-4-12(10-17)15(16)9-14/h4-5,9,13,18H,2-3,6-8,11H2,1H3. The Balaban J connectivity index is 2.12. The van der Waals surface area contributed by atoms with Crippen molar-refractivity contribution in [2.24, 2.45) is 0 Å². The third-order valence-corrected chi connectivity index (χ3v) is 4.26. The number of benzene rings is 1. The highest BCUT2D eigenvalue weighted by Crippen LogP contribution is 2.24. The second-order valence-corrected chi connectivity index (χ2v) is 5.86. The topological polar surface area (TPSA) is 48.3 Å². The largest absolute Gasteiger partial charge is 0.383 e. The highest BCUT2D eigenvalue weighted by Gasteiger charge is 2.18. The van der Waals surface area contributed by atoms with E-state index in [1.165, 1.54) is 12.8 Å². The van der Waals surface area contributed by atoms with E-state index in [0.717, 1.165) is 29.8 Å². The number of ether oxygens (including phenoxy) is 1. The molecular formula is C15H20BrN3O. The maximum absolute atomic E-state index is 9.00. The number of hydrogen-bond donors (Lipinski definition) is 1. The van der Waals surface area contributed by atoms with E-state index >= 15 is 0 Å². The average molecular weight is 338 g/mol. The molecule has 1 heterocycles. The van der Waals surface area contributed by atoms with Crippen LogP contribution in [0.2, 0.25) is 0 Å². The summed E-state index contributed by atoms with van der Waals surface area (Å²) in [5, 5.41) is 12.5. The zero-order chi connectivity index (χ0) is 14.4. The van der Waals surface area contributed by atoms with Crippen molar-refractivity contribution in [3.05, 3.63) is 28.2 Å². The molecule has 1 aromatic carbocycles. The van der Waals surface area contributed by atoms with Crippen molar-refractivity contribution in [3.63, 3.8) is 0 Å². The number of anilines is 1. The van der Waals surface area contributed by atoms with Gasteiger partial charge in [-0.25, -0.2) is 0 Å². The van der Waals surface area contributed by atoms with Gasteiger partial charge in [0, 0.05) is 36.4 Å². The molecule has 1 atom stereocenters. The molecule has 0 aliphatic carbocycles. The molecule has 20 heavy (non-hydrogen) atoms. The van der Waals surface area contributed by atoms with Crippen molar-refractivity contribution in [2.75, 3.05) is 38.3 Å². The van der Waals surface area contributed by atoms with Crippen LogP contribution in [0, 0.1) is 11.3 Å². The molecule has 1 N–H and O–H groups in total. The first-order valence-corrected chi connectivity index (χ1v) is 7.71. The van der Waals surface area contributed by atoms with Gasteiger partial charge >= 0.3 is 0 Å². The third kappa shape index (κ3) is 3.95. The molecule has 1 aliphatic heterocycles. The van der Waals surface area contributed by atoms with E-state index in [1.807, 2.05) is 18.2 Å². The van der Waals surface area contributed by atoms with Crippen molar-refractivity contribution >= 4 is 21.6 Å². The van der Waals surface area contributed by atoms with Gasteiger partial charge in [-0.3, -0.25) is 0 Å². The van der Waals surface area contributed by atoms with Gasteiger partial charge in [-0.15, -0.1) is 0 Å². The summed E-state index contributed by atoms with van der Waals surface area (Å²) >= 11 is 3.46. The zero-order valence-electron chi connectivity index (χ0n) is 11.7. The molecule has 2 rings (SSSR count). The van der Waals surface area contributed by atoms with E-state index in [9.17, 15) is 0 Å². The molecule has 1 aromatic rings. The Morgan fingerprint density at radius 3 is 3.00 bits per heavy atom. The van der Waals surface area contributed by atoms with Crippen LogP contribution in [0.5, 0.6) is 0 Å². The molecular weight excluding hydrogens is 318 g/mol. The Morgan fingerprint density at radius 1 is 1.55 bits per heavy atom. The molecule has 0 radical (unpaired) electrons. The smallest absolute Gasteiger partial charge is 0.100 e. The summed E-state index contributed by atoms with van der Waals surface area (Å²) in [6.07, 6.45) is 2.47. The fraction of sp³-hybridized carbons (Fsp3) is 0.533. The molecule has 0 spiro atoms. The molecule has 0 bridgehead atoms. The van der Waals surface area contributed by atoms with Crippen LogP contribution < -0.4 is 10.2 Å². The van der Waals surface area contributed by atoms with Crippen LogP contribution in [0.15, 0.2) is 22.7 Å². The van der Waals surface area contributed by atoms with Gasteiger partial charge in [0.05, 0.1) is 12.2 Å². The average Bonchev–Trinajstić information content (AvgIpc) is 2.96. The van der Waals surface area contributed by atoms with E-state index < -0.39 is 0 Å². The van der Waals surface area contributed by atoms with E-state index in [-0.39, 0.29) is 0 Å². The third-order valence-electron chi connectivity index (χ3n) is 3.61. The van der Waals surface area contributed by atoms with Gasteiger partial charge in [0.15, 0.2) is 0 Å². The SMILES string of the molecule is COCCN(CC1CCCN1)c1ccc(C#N)c(Br)c1. The maximum Gasteiger partial charge on any atom is 0.100 e. The number of rotatable bonds is 6. The minimum absolute atomic E-state index is 0.543. The number of nitrogens with one attached hydrogen (secondary N) is 1. The Morgan fingerprint density at radius 2 is 2.40 bits per heavy atom. The lowest BCUT2D eigenvalue weighted by atomic mass is 10.1. The van der Waals surface area contributed by atoms with E-state index in [2.05, 4.69) is 32.2 Å². The monoisotopic (exact) mass is 337 g/mol. The van der Waals surface area contributed by atoms with E-state index in [0.29, 0.717) is 18.2 Å². The predicted octanol–water partition coefficient (Wildman–Crippen LogP) is 2.53. The molecule has 108 valence electrons. The lowest BCUT2D eigenvalue weighted by Crippen LogP contribution is -2.39. The number of methoxy groups -OCH3 is 1. The molecule has 0 saturated carbocycles.